The molecule has 0 radical (unpaired) electrons. The van der Waals surface area contributed by atoms with E-state index in [1.807, 2.05) is 0 Å². The van der Waals surface area contributed by atoms with E-state index in [1.165, 1.54) is 15.2 Å². The van der Waals surface area contributed by atoms with E-state index in [2.05, 4.69) is 81.8 Å². The van der Waals surface area contributed by atoms with Gasteiger partial charge in [0.05, 0.1) is 8.07 Å². The number of hydrogen-bond acceptors (Lipinski definition) is 0. The fraction of sp³-hybridized carbons (Fsp3) is 0.385. The second kappa shape index (κ2) is 6.17. The normalized spacial score (nSPS) is 13.6. The van der Waals surface area contributed by atoms with Gasteiger partial charge in [0.25, 0.3) is 0 Å². The van der Waals surface area contributed by atoms with Gasteiger partial charge in [0.1, 0.15) is 0 Å². The van der Waals surface area contributed by atoms with Crippen molar-refractivity contribution in [2.24, 2.45) is 0 Å². The summed E-state index contributed by atoms with van der Waals surface area (Å²) >= 11 is 7.37. The lowest BCUT2D eigenvalue weighted by Gasteiger charge is -2.20. The Kier molecular flexibility index (Phi) is 5.48. The van der Waals surface area contributed by atoms with Crippen molar-refractivity contribution in [3.8, 4) is 0 Å². The van der Waals surface area contributed by atoms with E-state index in [9.17, 15) is 0 Å². The minimum atomic E-state index is -1.27. The summed E-state index contributed by atoms with van der Waals surface area (Å²) in [4.78, 5) is 0. The van der Waals surface area contributed by atoms with Crippen LogP contribution >= 0.6 is 31.9 Å². The molecule has 0 fully saturated rings. The average Bonchev–Trinajstić information content (AvgIpc) is 2.25. The van der Waals surface area contributed by atoms with Crippen molar-refractivity contribution in [3.63, 3.8) is 0 Å². The van der Waals surface area contributed by atoms with E-state index >= 15 is 0 Å². The van der Waals surface area contributed by atoms with E-state index in [0.29, 0.717) is 0 Å². The van der Waals surface area contributed by atoms with E-state index in [4.69, 9.17) is 0 Å². The monoisotopic (exact) mass is 360 g/mol. The predicted octanol–water partition coefficient (Wildman–Crippen LogP) is 5.46. The van der Waals surface area contributed by atoms with Crippen molar-refractivity contribution in [1.29, 1.82) is 0 Å². The maximum Gasteiger partial charge on any atom is 0.0869 e. The fourth-order valence-corrected chi connectivity index (χ4v) is 3.57. The van der Waals surface area contributed by atoms with Gasteiger partial charge in [-0.05, 0) is 21.7 Å². The number of allylic oxidation sites excluding steroid dienone is 1. The lowest BCUT2D eigenvalue weighted by molar-refractivity contribution is 1.27. The number of benzene rings is 1. The molecule has 0 aromatic heterocycles. The van der Waals surface area contributed by atoms with E-state index in [1.54, 1.807) is 0 Å². The molecule has 16 heavy (non-hydrogen) atoms. The van der Waals surface area contributed by atoms with Crippen molar-refractivity contribution in [2.75, 3.05) is 5.33 Å². The predicted molar refractivity (Wildman–Crippen MR) is 84.0 cm³/mol. The lowest BCUT2D eigenvalue weighted by atomic mass is 10.1. The molecule has 0 spiro atoms. The molecule has 0 bridgehead atoms. The molecule has 0 aliphatic heterocycles. The van der Waals surface area contributed by atoms with Gasteiger partial charge >= 0.3 is 0 Å². The summed E-state index contributed by atoms with van der Waals surface area (Å²) in [6, 6.07) is 10.7. The van der Waals surface area contributed by atoms with Gasteiger partial charge < -0.3 is 0 Å². The number of hydrogen-bond donors (Lipinski definition) is 0. The zero-order valence-corrected chi connectivity index (χ0v) is 14.2. The second-order valence-electron chi connectivity index (χ2n) is 4.85. The Morgan fingerprint density at radius 1 is 1.12 bits per heavy atom. The van der Waals surface area contributed by atoms with Gasteiger partial charge in [0.15, 0.2) is 0 Å². The van der Waals surface area contributed by atoms with Crippen LogP contribution in [0.5, 0.6) is 0 Å². The Balaban J connectivity index is 3.19. The van der Waals surface area contributed by atoms with Crippen LogP contribution < -0.4 is 0 Å². The van der Waals surface area contributed by atoms with Gasteiger partial charge in [-0.2, -0.15) is 0 Å². The summed E-state index contributed by atoms with van der Waals surface area (Å²) in [6.07, 6.45) is 1.08. The lowest BCUT2D eigenvalue weighted by Crippen LogP contribution is -2.21. The molecule has 0 nitrogen and oxygen atoms in total. The largest absolute Gasteiger partial charge is 0.0924 e. The second-order valence-corrected chi connectivity index (χ2v) is 12.2. The Morgan fingerprint density at radius 3 is 2.12 bits per heavy atom. The maximum atomic E-state index is 3.82. The van der Waals surface area contributed by atoms with Crippen LogP contribution in [0.15, 0.2) is 34.4 Å². The number of halogens is 2. The Bertz CT molecular complexity index is 363. The van der Waals surface area contributed by atoms with Crippen LogP contribution in [0, 0.1) is 0 Å². The first-order valence-corrected chi connectivity index (χ1v) is 10.9. The van der Waals surface area contributed by atoms with E-state index < -0.39 is 8.07 Å². The minimum absolute atomic E-state index is 1.01. The van der Waals surface area contributed by atoms with Crippen LogP contribution in [-0.4, -0.2) is 13.4 Å². The van der Waals surface area contributed by atoms with Crippen LogP contribution in [0.1, 0.15) is 12.0 Å². The molecular formula is C13H18Br2Si. The smallest absolute Gasteiger partial charge is 0.0869 e. The minimum Gasteiger partial charge on any atom is -0.0924 e. The van der Waals surface area contributed by atoms with E-state index in [-0.39, 0.29) is 0 Å². The fourth-order valence-electron chi connectivity index (χ4n) is 1.57. The molecular weight excluding hydrogens is 344 g/mol. The molecule has 3 heteroatoms. The molecule has 0 N–H and O–H groups in total. The third-order valence-corrected chi connectivity index (χ3v) is 8.45. The van der Waals surface area contributed by atoms with Crippen LogP contribution in [0.25, 0.3) is 5.57 Å². The highest BCUT2D eigenvalue weighted by Gasteiger charge is 2.21. The van der Waals surface area contributed by atoms with Crippen LogP contribution in [0.2, 0.25) is 19.6 Å². The topological polar surface area (TPSA) is 0 Å². The summed E-state index contributed by atoms with van der Waals surface area (Å²) in [6.45, 7) is 7.11. The third kappa shape index (κ3) is 3.86. The standard InChI is InChI=1S/C13H18Br2Si/c1-16(2,3)13(15)12(9-10-14)11-7-5-4-6-8-11/h4-8H,9-10H2,1-3H3/b13-12-. The summed E-state index contributed by atoms with van der Waals surface area (Å²) in [5.41, 5.74) is 2.80. The number of alkyl halides is 1. The summed E-state index contributed by atoms with van der Waals surface area (Å²) < 4.78 is 1.44. The van der Waals surface area contributed by atoms with Gasteiger partial charge in [0.2, 0.25) is 0 Å². The molecule has 1 aromatic carbocycles. The Labute approximate surface area is 116 Å². The molecule has 0 atom stereocenters. The highest BCUT2D eigenvalue weighted by molar-refractivity contribution is 9.12. The molecule has 0 unspecified atom stereocenters. The average molecular weight is 362 g/mol. The Hall–Kier alpha value is 0.137. The first-order valence-electron chi connectivity index (χ1n) is 5.47. The van der Waals surface area contributed by atoms with E-state index in [0.717, 1.165) is 11.8 Å². The van der Waals surface area contributed by atoms with Gasteiger partial charge in [-0.25, -0.2) is 0 Å². The summed E-state index contributed by atoms with van der Waals surface area (Å²) in [5.74, 6) is 0. The van der Waals surface area contributed by atoms with Crippen molar-refractivity contribution >= 4 is 45.5 Å². The Morgan fingerprint density at radius 2 is 1.69 bits per heavy atom. The van der Waals surface area contributed by atoms with Gasteiger partial charge in [-0.1, -0.05) is 81.8 Å². The summed E-state index contributed by atoms with van der Waals surface area (Å²) in [5, 5.41) is 1.01. The first kappa shape index (κ1) is 14.2. The molecule has 88 valence electrons. The summed E-state index contributed by atoms with van der Waals surface area (Å²) in [7, 11) is -1.27. The molecule has 0 amide bonds. The third-order valence-electron chi connectivity index (χ3n) is 2.39. The quantitative estimate of drug-likeness (QED) is 0.493. The van der Waals surface area contributed by atoms with Crippen LogP contribution in [0.4, 0.5) is 0 Å². The molecule has 0 saturated heterocycles. The zero-order valence-electron chi connectivity index (χ0n) is 10.1. The van der Waals surface area contributed by atoms with Crippen LogP contribution in [0.3, 0.4) is 0 Å². The molecule has 0 heterocycles. The highest BCUT2D eigenvalue weighted by Crippen LogP contribution is 2.32. The molecule has 0 saturated carbocycles. The van der Waals surface area contributed by atoms with Crippen molar-refractivity contribution in [3.05, 3.63) is 40.0 Å². The highest BCUT2D eigenvalue weighted by atomic mass is 79.9. The van der Waals surface area contributed by atoms with Gasteiger partial charge in [-0.3, -0.25) is 0 Å². The van der Waals surface area contributed by atoms with Crippen LogP contribution in [-0.2, 0) is 0 Å². The molecule has 1 aromatic rings. The first-order chi connectivity index (χ1) is 7.46. The van der Waals surface area contributed by atoms with Crippen molar-refractivity contribution in [1.82, 2.24) is 0 Å². The van der Waals surface area contributed by atoms with Gasteiger partial charge in [0, 0.05) is 5.33 Å². The van der Waals surface area contributed by atoms with Crippen molar-refractivity contribution in [2.45, 2.75) is 26.1 Å². The zero-order chi connectivity index (χ0) is 12.2. The molecule has 0 aliphatic carbocycles. The number of rotatable bonds is 4. The van der Waals surface area contributed by atoms with Crippen molar-refractivity contribution < 1.29 is 0 Å². The maximum absolute atomic E-state index is 3.82. The van der Waals surface area contributed by atoms with Gasteiger partial charge in [-0.15, -0.1) is 0 Å². The molecule has 0 aliphatic rings. The SMILES string of the molecule is C[Si](C)(C)/C(Br)=C(/CCBr)c1ccccc1. The molecule has 1 rings (SSSR count).